The average molecular weight is 438 g/mol. The number of halogens is 3. The topological polar surface area (TPSA) is 90.2 Å². The van der Waals surface area contributed by atoms with Crippen molar-refractivity contribution in [1.82, 2.24) is 14.6 Å². The van der Waals surface area contributed by atoms with E-state index >= 15 is 0 Å². The Kier molecular flexibility index (Phi) is 9.41. The van der Waals surface area contributed by atoms with Crippen LogP contribution in [-0.2, 0) is 0 Å². The highest BCUT2D eigenvalue weighted by Crippen LogP contribution is 2.35. The number of benzene rings is 1. The van der Waals surface area contributed by atoms with Crippen LogP contribution in [0.1, 0.15) is 39.7 Å². The Labute approximate surface area is 180 Å². The van der Waals surface area contributed by atoms with Crippen molar-refractivity contribution in [1.29, 1.82) is 0 Å². The number of ether oxygens (including phenoxy) is 1. The summed E-state index contributed by atoms with van der Waals surface area (Å²) in [7, 11) is 3.05. The summed E-state index contributed by atoms with van der Waals surface area (Å²) in [6.45, 7) is 8.25. The lowest BCUT2D eigenvalue weighted by molar-refractivity contribution is 0.0181. The Morgan fingerprint density at radius 3 is 2.35 bits per heavy atom. The molecule has 0 unspecified atom stereocenters. The molecule has 0 aliphatic rings. The molecule has 3 aromatic rings. The van der Waals surface area contributed by atoms with E-state index in [-0.39, 0.29) is 18.2 Å². The SMILES string of the molecule is CC.CCC(C)(F)F.CN=Nc1ccc(-c2c(F)cn3nc(N)nc(OC)c23)cc1C. The second kappa shape index (κ2) is 11.3. The molecule has 2 aromatic heterocycles. The first-order valence-corrected chi connectivity index (χ1v) is 9.78. The van der Waals surface area contributed by atoms with Crippen LogP contribution in [0, 0.1) is 12.7 Å². The van der Waals surface area contributed by atoms with Crippen LogP contribution in [0.4, 0.5) is 24.8 Å². The van der Waals surface area contributed by atoms with Gasteiger partial charge < -0.3 is 10.5 Å². The van der Waals surface area contributed by atoms with Crippen LogP contribution in [-0.4, -0.2) is 34.7 Å². The highest BCUT2D eigenvalue weighted by Gasteiger charge is 2.20. The molecule has 10 heteroatoms. The summed E-state index contributed by atoms with van der Waals surface area (Å²) in [5.41, 5.74) is 8.66. The lowest BCUT2D eigenvalue weighted by atomic mass is 10.0. The van der Waals surface area contributed by atoms with Crippen molar-refractivity contribution in [3.05, 3.63) is 35.8 Å². The first-order chi connectivity index (χ1) is 14.6. The number of fused-ring (bicyclic) bond motifs is 1. The normalized spacial score (nSPS) is 11.0. The van der Waals surface area contributed by atoms with Gasteiger partial charge in [0.05, 0.1) is 24.6 Å². The molecule has 0 aliphatic heterocycles. The van der Waals surface area contributed by atoms with Crippen molar-refractivity contribution in [3.8, 4) is 17.0 Å². The Bertz CT molecular complexity index is 1030. The fourth-order valence-corrected chi connectivity index (χ4v) is 2.49. The maximum Gasteiger partial charge on any atom is 0.245 e. The third kappa shape index (κ3) is 6.66. The number of hydrogen-bond acceptors (Lipinski definition) is 6. The zero-order chi connectivity index (χ0) is 23.8. The van der Waals surface area contributed by atoms with Gasteiger partial charge in [-0.1, -0.05) is 26.8 Å². The minimum absolute atomic E-state index is 0.00536. The van der Waals surface area contributed by atoms with E-state index in [1.54, 1.807) is 19.2 Å². The number of nitrogen functional groups attached to an aromatic ring is 1. The quantitative estimate of drug-likeness (QED) is 0.489. The molecule has 3 rings (SSSR count). The van der Waals surface area contributed by atoms with Crippen LogP contribution in [0.2, 0.25) is 0 Å². The van der Waals surface area contributed by atoms with Crippen LogP contribution in [0.3, 0.4) is 0 Å². The van der Waals surface area contributed by atoms with E-state index in [1.165, 1.54) is 24.7 Å². The second-order valence-corrected chi connectivity index (χ2v) is 6.35. The molecule has 170 valence electrons. The molecule has 31 heavy (non-hydrogen) atoms. The number of azo groups is 1. The van der Waals surface area contributed by atoms with Gasteiger partial charge in [0, 0.05) is 13.5 Å². The summed E-state index contributed by atoms with van der Waals surface area (Å²) in [5.74, 6) is -2.68. The molecular formula is C21H29F3N6O. The minimum Gasteiger partial charge on any atom is -0.479 e. The lowest BCUT2D eigenvalue weighted by Gasteiger charge is -2.07. The van der Waals surface area contributed by atoms with Crippen molar-refractivity contribution >= 4 is 17.2 Å². The van der Waals surface area contributed by atoms with Crippen molar-refractivity contribution in [3.63, 3.8) is 0 Å². The molecule has 2 heterocycles. The van der Waals surface area contributed by atoms with Gasteiger partial charge in [-0.2, -0.15) is 15.2 Å². The summed E-state index contributed by atoms with van der Waals surface area (Å²) in [6.07, 6.45) is 1.19. The lowest BCUT2D eigenvalue weighted by Crippen LogP contribution is -2.05. The Morgan fingerprint density at radius 2 is 1.87 bits per heavy atom. The molecule has 0 amide bonds. The number of alkyl halides is 2. The highest BCUT2D eigenvalue weighted by atomic mass is 19.3. The van der Waals surface area contributed by atoms with Crippen LogP contribution >= 0.6 is 0 Å². The summed E-state index contributed by atoms with van der Waals surface area (Å²) >= 11 is 0. The van der Waals surface area contributed by atoms with E-state index < -0.39 is 11.7 Å². The Balaban J connectivity index is 0.000000521. The first kappa shape index (κ1) is 25.9. The van der Waals surface area contributed by atoms with Crippen molar-refractivity contribution in [2.24, 2.45) is 10.2 Å². The van der Waals surface area contributed by atoms with E-state index in [0.717, 1.165) is 18.2 Å². The molecule has 0 spiro atoms. The summed E-state index contributed by atoms with van der Waals surface area (Å²) in [6, 6.07) is 5.38. The molecule has 2 N–H and O–H groups in total. The zero-order valence-electron chi connectivity index (χ0n) is 18.9. The molecule has 0 saturated carbocycles. The second-order valence-electron chi connectivity index (χ2n) is 6.35. The summed E-state index contributed by atoms with van der Waals surface area (Å²) in [4.78, 5) is 4.01. The van der Waals surface area contributed by atoms with E-state index in [2.05, 4.69) is 20.3 Å². The molecule has 0 radical (unpaired) electrons. The largest absolute Gasteiger partial charge is 0.479 e. The molecule has 0 atom stereocenters. The number of hydrogen-bond donors (Lipinski definition) is 1. The van der Waals surface area contributed by atoms with Crippen LogP contribution in [0.15, 0.2) is 34.6 Å². The van der Waals surface area contributed by atoms with Gasteiger partial charge in [-0.3, -0.25) is 0 Å². The van der Waals surface area contributed by atoms with Gasteiger partial charge in [-0.05, 0) is 37.1 Å². The molecular weight excluding hydrogens is 409 g/mol. The first-order valence-electron chi connectivity index (χ1n) is 9.78. The van der Waals surface area contributed by atoms with Crippen LogP contribution < -0.4 is 10.5 Å². The number of aromatic nitrogens is 3. The highest BCUT2D eigenvalue weighted by molar-refractivity contribution is 5.85. The molecule has 0 bridgehead atoms. The van der Waals surface area contributed by atoms with Gasteiger partial charge in [0.15, 0.2) is 5.82 Å². The monoisotopic (exact) mass is 438 g/mol. The molecule has 0 saturated heterocycles. The maximum absolute atomic E-state index is 14.5. The number of anilines is 1. The van der Waals surface area contributed by atoms with Crippen molar-refractivity contribution in [2.75, 3.05) is 19.9 Å². The van der Waals surface area contributed by atoms with Gasteiger partial charge in [0.25, 0.3) is 0 Å². The Hall–Kier alpha value is -3.17. The third-order valence-electron chi connectivity index (χ3n) is 4.08. The predicted octanol–water partition coefficient (Wildman–Crippen LogP) is 6.23. The van der Waals surface area contributed by atoms with Crippen molar-refractivity contribution in [2.45, 2.75) is 47.0 Å². The number of nitrogens with zero attached hydrogens (tertiary/aromatic N) is 5. The van der Waals surface area contributed by atoms with Crippen LogP contribution in [0.5, 0.6) is 5.88 Å². The fourth-order valence-electron chi connectivity index (χ4n) is 2.49. The third-order valence-corrected chi connectivity index (χ3v) is 4.08. The van der Waals surface area contributed by atoms with Crippen LogP contribution in [0.25, 0.3) is 16.6 Å². The maximum atomic E-state index is 14.5. The van der Waals surface area contributed by atoms with Gasteiger partial charge >= 0.3 is 0 Å². The summed E-state index contributed by atoms with van der Waals surface area (Å²) < 4.78 is 44.0. The minimum atomic E-state index is -2.46. The predicted molar refractivity (Wildman–Crippen MR) is 117 cm³/mol. The molecule has 7 nitrogen and oxygen atoms in total. The molecule has 1 aromatic carbocycles. The van der Waals surface area contributed by atoms with Crippen molar-refractivity contribution < 1.29 is 17.9 Å². The smallest absolute Gasteiger partial charge is 0.245 e. The van der Waals surface area contributed by atoms with Gasteiger partial charge in [0.1, 0.15) is 5.52 Å². The van der Waals surface area contributed by atoms with E-state index in [9.17, 15) is 13.2 Å². The standard InChI is InChI=1S/C15H15FN6O.C4H8F2.C2H6/c1-8-6-9(4-5-11(8)20-18-2)12-10(16)7-22-13(12)14(23-3)19-15(17)21-22;1-3-4(2,5)6;1-2/h4-7H,1-3H3,(H2,17,21);3H2,1-2H3;1-2H3. The number of aryl methyl sites for hydroxylation is 1. The van der Waals surface area contributed by atoms with E-state index in [1.807, 2.05) is 26.8 Å². The molecule has 0 fully saturated rings. The number of nitrogens with two attached hydrogens (primary N) is 1. The van der Waals surface area contributed by atoms with Gasteiger partial charge in [-0.15, -0.1) is 5.10 Å². The number of methoxy groups -OCH3 is 1. The van der Waals surface area contributed by atoms with E-state index in [4.69, 9.17) is 10.5 Å². The number of rotatable bonds is 4. The molecule has 0 aliphatic carbocycles. The Morgan fingerprint density at radius 1 is 1.26 bits per heavy atom. The zero-order valence-corrected chi connectivity index (χ0v) is 18.9. The van der Waals surface area contributed by atoms with Gasteiger partial charge in [0.2, 0.25) is 17.8 Å². The average Bonchev–Trinajstić information content (AvgIpc) is 3.06. The van der Waals surface area contributed by atoms with Gasteiger partial charge in [-0.25, -0.2) is 17.7 Å². The summed E-state index contributed by atoms with van der Waals surface area (Å²) in [5, 5.41) is 11.8. The van der Waals surface area contributed by atoms with E-state index in [0.29, 0.717) is 16.6 Å². The fraction of sp³-hybridized carbons (Fsp3) is 0.429.